The molecule has 0 atom stereocenters. The van der Waals surface area contributed by atoms with E-state index in [4.69, 9.17) is 8.92 Å². The van der Waals surface area contributed by atoms with Crippen LogP contribution in [0.5, 0.6) is 5.75 Å². The highest BCUT2D eigenvalue weighted by molar-refractivity contribution is 9.10. The number of esters is 1. The van der Waals surface area contributed by atoms with Gasteiger partial charge in [0.25, 0.3) is 0 Å². The second-order valence-corrected chi connectivity index (χ2v) is 8.69. The van der Waals surface area contributed by atoms with Gasteiger partial charge in [0.2, 0.25) is 5.90 Å². The summed E-state index contributed by atoms with van der Waals surface area (Å²) in [6.07, 6.45) is 1.43. The molecule has 30 heavy (non-hydrogen) atoms. The predicted octanol–water partition coefficient (Wildman–Crippen LogP) is 4.56. The van der Waals surface area contributed by atoms with Crippen molar-refractivity contribution in [2.24, 2.45) is 4.99 Å². The molecule has 0 spiro atoms. The van der Waals surface area contributed by atoms with Crippen LogP contribution in [0.1, 0.15) is 11.1 Å². The fourth-order valence-corrected chi connectivity index (χ4v) is 3.94. The smallest absolute Gasteiger partial charge is 0.363 e. The summed E-state index contributed by atoms with van der Waals surface area (Å²) in [5.41, 5.74) is 1.07. The third-order valence-electron chi connectivity index (χ3n) is 4.15. The minimum atomic E-state index is -4.03. The monoisotopic (exact) mass is 483 g/mol. The van der Waals surface area contributed by atoms with Crippen molar-refractivity contribution in [2.45, 2.75) is 4.90 Å². The Labute approximate surface area is 181 Å². The average Bonchev–Trinajstić information content (AvgIpc) is 3.11. The normalized spacial score (nSPS) is 15.0. The van der Waals surface area contributed by atoms with E-state index >= 15 is 0 Å². The molecule has 0 saturated heterocycles. The molecule has 0 aliphatic carbocycles. The first-order valence-electron chi connectivity index (χ1n) is 8.79. The highest BCUT2D eigenvalue weighted by Crippen LogP contribution is 2.27. The number of ether oxygens (including phenoxy) is 1. The molecule has 0 N–H and O–H groups in total. The van der Waals surface area contributed by atoms with Crippen molar-refractivity contribution in [1.82, 2.24) is 0 Å². The number of carbonyl (C=O) groups excluding carboxylic acids is 1. The Morgan fingerprint density at radius 2 is 1.57 bits per heavy atom. The summed E-state index contributed by atoms with van der Waals surface area (Å²) in [5.74, 6) is -0.378. The number of hydrogen-bond donors (Lipinski definition) is 0. The van der Waals surface area contributed by atoms with Crippen molar-refractivity contribution in [1.29, 1.82) is 0 Å². The van der Waals surface area contributed by atoms with Crippen molar-refractivity contribution >= 4 is 44.0 Å². The summed E-state index contributed by atoms with van der Waals surface area (Å²) in [6, 6.07) is 21.4. The molecule has 0 unspecified atom stereocenters. The lowest BCUT2D eigenvalue weighted by Crippen LogP contribution is -2.10. The first kappa shape index (κ1) is 20.1. The molecule has 0 fully saturated rings. The van der Waals surface area contributed by atoms with Gasteiger partial charge in [-0.15, -0.1) is 0 Å². The zero-order valence-electron chi connectivity index (χ0n) is 15.4. The van der Waals surface area contributed by atoms with Crippen LogP contribution in [0, 0.1) is 0 Å². The second kappa shape index (κ2) is 8.25. The van der Waals surface area contributed by atoms with Gasteiger partial charge in [0.15, 0.2) is 5.70 Å². The van der Waals surface area contributed by atoms with Crippen LogP contribution in [0.4, 0.5) is 0 Å². The average molecular weight is 484 g/mol. The molecule has 3 aromatic carbocycles. The topological polar surface area (TPSA) is 82.0 Å². The Kier molecular flexibility index (Phi) is 5.52. The van der Waals surface area contributed by atoms with E-state index in [1.165, 1.54) is 24.3 Å². The maximum Gasteiger partial charge on any atom is 0.363 e. The summed E-state index contributed by atoms with van der Waals surface area (Å²) in [6.45, 7) is 0. The second-order valence-electron chi connectivity index (χ2n) is 6.23. The molecule has 3 aromatic rings. The van der Waals surface area contributed by atoms with E-state index in [9.17, 15) is 13.2 Å². The van der Waals surface area contributed by atoms with E-state index in [-0.39, 0.29) is 22.2 Å². The lowest BCUT2D eigenvalue weighted by atomic mass is 10.1. The molecule has 0 aromatic heterocycles. The lowest BCUT2D eigenvalue weighted by Gasteiger charge is -2.09. The van der Waals surface area contributed by atoms with Crippen molar-refractivity contribution in [3.05, 3.63) is 100 Å². The summed E-state index contributed by atoms with van der Waals surface area (Å²) >= 11 is 3.35. The van der Waals surface area contributed by atoms with Crippen LogP contribution in [0.3, 0.4) is 0 Å². The largest absolute Gasteiger partial charge is 0.402 e. The van der Waals surface area contributed by atoms with Crippen LogP contribution in [0.25, 0.3) is 6.08 Å². The molecule has 0 bridgehead atoms. The van der Waals surface area contributed by atoms with Gasteiger partial charge in [0, 0.05) is 15.6 Å². The zero-order valence-corrected chi connectivity index (χ0v) is 17.8. The Morgan fingerprint density at radius 1 is 0.900 bits per heavy atom. The van der Waals surface area contributed by atoms with Gasteiger partial charge >= 0.3 is 16.1 Å². The Morgan fingerprint density at radius 3 is 2.30 bits per heavy atom. The van der Waals surface area contributed by atoms with Crippen LogP contribution in [-0.4, -0.2) is 20.3 Å². The first-order chi connectivity index (χ1) is 14.4. The standard InChI is InChI=1S/C22H14BrNO5S/c23-17-12-10-15(11-13-17)21-24-19(22(25)28-21)14-16-6-4-5-9-20(16)29-30(26,27)18-7-2-1-3-8-18/h1-14H. The minimum Gasteiger partial charge on any atom is -0.402 e. The van der Waals surface area contributed by atoms with E-state index in [0.29, 0.717) is 11.1 Å². The summed E-state index contributed by atoms with van der Waals surface area (Å²) in [7, 11) is -4.03. The fourth-order valence-electron chi connectivity index (χ4n) is 2.70. The highest BCUT2D eigenvalue weighted by Gasteiger charge is 2.25. The van der Waals surface area contributed by atoms with E-state index < -0.39 is 16.1 Å². The van der Waals surface area contributed by atoms with Gasteiger partial charge in [-0.1, -0.05) is 52.3 Å². The summed E-state index contributed by atoms with van der Waals surface area (Å²) in [5, 5.41) is 0. The molecule has 1 aliphatic rings. The summed E-state index contributed by atoms with van der Waals surface area (Å²) < 4.78 is 36.6. The molecule has 0 saturated carbocycles. The molecule has 4 rings (SSSR count). The van der Waals surface area contributed by atoms with E-state index in [2.05, 4.69) is 20.9 Å². The van der Waals surface area contributed by atoms with Crippen LogP contribution in [-0.2, 0) is 19.6 Å². The van der Waals surface area contributed by atoms with Gasteiger partial charge in [0.05, 0.1) is 0 Å². The van der Waals surface area contributed by atoms with Crippen LogP contribution in [0.2, 0.25) is 0 Å². The SMILES string of the molecule is O=C1OC(c2ccc(Br)cc2)=NC1=Cc1ccccc1OS(=O)(=O)c1ccccc1. The van der Waals surface area contributed by atoms with Gasteiger partial charge in [-0.3, -0.25) is 0 Å². The highest BCUT2D eigenvalue weighted by atomic mass is 79.9. The summed E-state index contributed by atoms with van der Waals surface area (Å²) in [4.78, 5) is 16.6. The maximum absolute atomic E-state index is 12.6. The number of cyclic esters (lactones) is 1. The van der Waals surface area contributed by atoms with E-state index in [1.54, 1.807) is 48.5 Å². The first-order valence-corrected chi connectivity index (χ1v) is 11.0. The van der Waals surface area contributed by atoms with Crippen molar-refractivity contribution < 1.29 is 22.1 Å². The molecular formula is C22H14BrNO5S. The van der Waals surface area contributed by atoms with Gasteiger partial charge < -0.3 is 8.92 Å². The van der Waals surface area contributed by atoms with E-state index in [0.717, 1.165) is 4.47 Å². The Balaban J connectivity index is 1.66. The van der Waals surface area contributed by atoms with Crippen LogP contribution in [0.15, 0.2) is 98.9 Å². The van der Waals surface area contributed by atoms with Gasteiger partial charge in [-0.2, -0.15) is 8.42 Å². The molecule has 1 heterocycles. The van der Waals surface area contributed by atoms with Gasteiger partial charge in [0.1, 0.15) is 10.6 Å². The minimum absolute atomic E-state index is 0.0308. The van der Waals surface area contributed by atoms with Gasteiger partial charge in [-0.25, -0.2) is 9.79 Å². The number of nitrogens with zero attached hydrogens (tertiary/aromatic N) is 1. The van der Waals surface area contributed by atoms with Crippen molar-refractivity contribution in [3.8, 4) is 5.75 Å². The zero-order chi connectivity index (χ0) is 21.1. The molecular weight excluding hydrogens is 470 g/mol. The molecule has 1 aliphatic heterocycles. The fraction of sp³-hybridized carbons (Fsp3) is 0. The van der Waals surface area contributed by atoms with E-state index in [1.807, 2.05) is 12.1 Å². The molecule has 8 heteroatoms. The number of benzene rings is 3. The third kappa shape index (κ3) is 4.34. The predicted molar refractivity (Wildman–Crippen MR) is 115 cm³/mol. The van der Waals surface area contributed by atoms with Crippen LogP contribution < -0.4 is 4.18 Å². The Bertz CT molecular complexity index is 1270. The number of aliphatic imine (C=N–C) groups is 1. The maximum atomic E-state index is 12.6. The molecule has 150 valence electrons. The number of hydrogen-bond acceptors (Lipinski definition) is 6. The van der Waals surface area contributed by atoms with Gasteiger partial charge in [-0.05, 0) is 48.5 Å². The van der Waals surface area contributed by atoms with Crippen molar-refractivity contribution in [3.63, 3.8) is 0 Å². The molecule has 0 amide bonds. The van der Waals surface area contributed by atoms with Crippen molar-refractivity contribution in [2.75, 3.05) is 0 Å². The number of rotatable bonds is 5. The molecule has 6 nitrogen and oxygen atoms in total. The quantitative estimate of drug-likeness (QED) is 0.301. The molecule has 0 radical (unpaired) electrons. The number of para-hydroxylation sites is 1. The number of halogens is 1. The third-order valence-corrected chi connectivity index (χ3v) is 5.93. The Hall–Kier alpha value is -3.23. The lowest BCUT2D eigenvalue weighted by molar-refractivity contribution is -0.129. The van der Waals surface area contributed by atoms with Crippen LogP contribution >= 0.6 is 15.9 Å². The number of carbonyl (C=O) groups is 1.